The molecule has 0 aromatic carbocycles. The molecule has 1 saturated carbocycles. The van der Waals surface area contributed by atoms with E-state index in [2.05, 4.69) is 20.8 Å². The lowest BCUT2D eigenvalue weighted by atomic mass is 9.67. The molecule has 2 nitrogen and oxygen atoms in total. The minimum absolute atomic E-state index is 0.114. The molecule has 76 valence electrons. The van der Waals surface area contributed by atoms with E-state index in [9.17, 15) is 5.11 Å². The van der Waals surface area contributed by atoms with Gasteiger partial charge in [0, 0.05) is 0 Å². The van der Waals surface area contributed by atoms with Crippen LogP contribution in [-0.2, 0) is 4.74 Å². The Balaban J connectivity index is 2.23. The first-order chi connectivity index (χ1) is 5.81. The van der Waals surface area contributed by atoms with E-state index in [4.69, 9.17) is 4.74 Å². The second-order valence-electron chi connectivity index (χ2n) is 5.56. The third-order valence-electron chi connectivity index (χ3n) is 3.97. The fraction of sp³-hybridized carbons (Fsp3) is 1.00. The number of hydrogen-bond acceptors (Lipinski definition) is 2. The quantitative estimate of drug-likeness (QED) is 0.585. The van der Waals surface area contributed by atoms with Gasteiger partial charge >= 0.3 is 0 Å². The molecule has 1 N–H and O–H groups in total. The van der Waals surface area contributed by atoms with Crippen LogP contribution in [0.1, 0.15) is 47.0 Å². The second-order valence-corrected chi connectivity index (χ2v) is 5.56. The van der Waals surface area contributed by atoms with Gasteiger partial charge in [0.05, 0.1) is 11.2 Å². The summed E-state index contributed by atoms with van der Waals surface area (Å²) in [7, 11) is 0. The van der Waals surface area contributed by atoms with Crippen LogP contribution in [0, 0.1) is 5.92 Å². The Morgan fingerprint density at radius 3 is 2.23 bits per heavy atom. The maximum absolute atomic E-state index is 10.3. The number of epoxide rings is 1. The monoisotopic (exact) mass is 184 g/mol. The number of ether oxygens (including phenoxy) is 1. The normalized spacial score (nSPS) is 53.8. The van der Waals surface area contributed by atoms with Crippen molar-refractivity contribution in [1.82, 2.24) is 0 Å². The molecule has 1 aliphatic carbocycles. The SMILES string of the molecule is C[C@@H]1CC[C@@]2(OC2(C)C)[C@](C)(O)C1. The molecule has 1 aliphatic heterocycles. The van der Waals surface area contributed by atoms with E-state index in [0.29, 0.717) is 5.92 Å². The molecule has 3 atom stereocenters. The highest BCUT2D eigenvalue weighted by atomic mass is 16.6. The first kappa shape index (κ1) is 9.47. The van der Waals surface area contributed by atoms with Crippen LogP contribution in [-0.4, -0.2) is 21.9 Å². The Bertz CT molecular complexity index is 232. The Morgan fingerprint density at radius 1 is 1.31 bits per heavy atom. The van der Waals surface area contributed by atoms with Gasteiger partial charge in [-0.05, 0) is 46.0 Å². The predicted molar refractivity (Wildman–Crippen MR) is 51.5 cm³/mol. The van der Waals surface area contributed by atoms with Crippen LogP contribution in [0.3, 0.4) is 0 Å². The van der Waals surface area contributed by atoms with Crippen LogP contribution in [0.2, 0.25) is 0 Å². The summed E-state index contributed by atoms with van der Waals surface area (Å²) in [4.78, 5) is 0. The summed E-state index contributed by atoms with van der Waals surface area (Å²) >= 11 is 0. The molecule has 2 fully saturated rings. The van der Waals surface area contributed by atoms with Gasteiger partial charge in [-0.25, -0.2) is 0 Å². The maximum Gasteiger partial charge on any atom is 0.126 e. The zero-order chi connectivity index (χ0) is 9.91. The van der Waals surface area contributed by atoms with Gasteiger partial charge in [-0.3, -0.25) is 0 Å². The molecule has 0 aromatic heterocycles. The van der Waals surface area contributed by atoms with E-state index < -0.39 is 5.60 Å². The average Bonchev–Trinajstić information content (AvgIpc) is 2.48. The zero-order valence-electron chi connectivity index (χ0n) is 9.05. The van der Waals surface area contributed by atoms with Crippen LogP contribution in [0.4, 0.5) is 0 Å². The van der Waals surface area contributed by atoms with Gasteiger partial charge in [0.15, 0.2) is 0 Å². The van der Waals surface area contributed by atoms with Crippen LogP contribution in [0.5, 0.6) is 0 Å². The van der Waals surface area contributed by atoms with Crippen LogP contribution < -0.4 is 0 Å². The minimum atomic E-state index is -0.631. The second kappa shape index (κ2) is 2.29. The van der Waals surface area contributed by atoms with Crippen molar-refractivity contribution in [3.63, 3.8) is 0 Å². The minimum Gasteiger partial charge on any atom is -0.387 e. The summed E-state index contributed by atoms with van der Waals surface area (Å²) in [6.45, 7) is 8.29. The molecule has 0 radical (unpaired) electrons. The molecule has 2 rings (SSSR count). The molecule has 1 heterocycles. The molecular weight excluding hydrogens is 164 g/mol. The largest absolute Gasteiger partial charge is 0.387 e. The van der Waals surface area contributed by atoms with Crippen LogP contribution in [0.15, 0.2) is 0 Å². The Hall–Kier alpha value is -0.0800. The van der Waals surface area contributed by atoms with Crippen molar-refractivity contribution in [2.45, 2.75) is 63.8 Å². The standard InChI is InChI=1S/C11H20O2/c1-8-5-6-11(9(2,3)13-11)10(4,12)7-8/h8,12H,5-7H2,1-4H3/t8-,10-,11+/m1/s1. The first-order valence-corrected chi connectivity index (χ1v) is 5.23. The molecule has 1 spiro atoms. The van der Waals surface area contributed by atoms with Gasteiger partial charge in [-0.2, -0.15) is 0 Å². The molecule has 0 bridgehead atoms. The Morgan fingerprint density at radius 2 is 1.85 bits per heavy atom. The van der Waals surface area contributed by atoms with Crippen molar-refractivity contribution in [2.24, 2.45) is 5.92 Å². The van der Waals surface area contributed by atoms with Crippen molar-refractivity contribution < 1.29 is 9.84 Å². The van der Waals surface area contributed by atoms with Gasteiger partial charge < -0.3 is 9.84 Å². The summed E-state index contributed by atoms with van der Waals surface area (Å²) in [5.74, 6) is 0.626. The molecule has 0 aromatic rings. The van der Waals surface area contributed by atoms with Gasteiger partial charge in [0.25, 0.3) is 0 Å². The molecule has 0 unspecified atom stereocenters. The number of rotatable bonds is 0. The van der Waals surface area contributed by atoms with Crippen molar-refractivity contribution in [3.05, 3.63) is 0 Å². The first-order valence-electron chi connectivity index (χ1n) is 5.23. The molecule has 2 aliphatic rings. The van der Waals surface area contributed by atoms with Crippen LogP contribution in [0.25, 0.3) is 0 Å². The molecule has 1 saturated heterocycles. The summed E-state index contributed by atoms with van der Waals surface area (Å²) in [6.07, 6.45) is 3.06. The lowest BCUT2D eigenvalue weighted by Gasteiger charge is -2.39. The fourth-order valence-electron chi connectivity index (χ4n) is 3.18. The molecule has 2 heteroatoms. The van der Waals surface area contributed by atoms with Crippen molar-refractivity contribution in [2.75, 3.05) is 0 Å². The fourth-order valence-corrected chi connectivity index (χ4v) is 3.18. The van der Waals surface area contributed by atoms with E-state index in [1.165, 1.54) is 6.42 Å². The topological polar surface area (TPSA) is 32.8 Å². The molecular formula is C11H20O2. The summed E-state index contributed by atoms with van der Waals surface area (Å²) < 4.78 is 5.75. The summed E-state index contributed by atoms with van der Waals surface area (Å²) in [5.41, 5.74) is -0.989. The van der Waals surface area contributed by atoms with Gasteiger partial charge in [-0.15, -0.1) is 0 Å². The summed E-state index contributed by atoms with van der Waals surface area (Å²) in [6, 6.07) is 0. The lowest BCUT2D eigenvalue weighted by molar-refractivity contribution is -0.0659. The molecule has 0 amide bonds. The van der Waals surface area contributed by atoms with Crippen molar-refractivity contribution in [3.8, 4) is 0 Å². The number of aliphatic hydroxyl groups is 1. The van der Waals surface area contributed by atoms with Crippen molar-refractivity contribution in [1.29, 1.82) is 0 Å². The van der Waals surface area contributed by atoms with Gasteiger partial charge in [-0.1, -0.05) is 6.92 Å². The Kier molecular flexibility index (Phi) is 1.67. The van der Waals surface area contributed by atoms with Crippen molar-refractivity contribution >= 4 is 0 Å². The smallest absolute Gasteiger partial charge is 0.126 e. The molecule has 13 heavy (non-hydrogen) atoms. The highest BCUT2D eigenvalue weighted by molar-refractivity contribution is 5.21. The van der Waals surface area contributed by atoms with E-state index >= 15 is 0 Å². The predicted octanol–water partition coefficient (Wildman–Crippen LogP) is 2.11. The zero-order valence-corrected chi connectivity index (χ0v) is 9.05. The van der Waals surface area contributed by atoms with Gasteiger partial charge in [0.2, 0.25) is 0 Å². The van der Waals surface area contributed by atoms with E-state index in [0.717, 1.165) is 12.8 Å². The van der Waals surface area contributed by atoms with E-state index in [1.54, 1.807) is 0 Å². The highest BCUT2D eigenvalue weighted by Crippen LogP contribution is 2.61. The highest BCUT2D eigenvalue weighted by Gasteiger charge is 2.72. The van der Waals surface area contributed by atoms with E-state index in [-0.39, 0.29) is 11.2 Å². The lowest BCUT2D eigenvalue weighted by Crippen LogP contribution is -2.50. The third kappa shape index (κ3) is 1.08. The maximum atomic E-state index is 10.3. The summed E-state index contributed by atoms with van der Waals surface area (Å²) in [5, 5.41) is 10.3. The third-order valence-corrected chi connectivity index (χ3v) is 3.97. The Labute approximate surface area is 80.3 Å². The average molecular weight is 184 g/mol. The van der Waals surface area contributed by atoms with Gasteiger partial charge in [0.1, 0.15) is 5.60 Å². The van der Waals surface area contributed by atoms with E-state index in [1.807, 2.05) is 6.92 Å². The van der Waals surface area contributed by atoms with Crippen LogP contribution >= 0.6 is 0 Å². The number of hydrogen-bond donors (Lipinski definition) is 1.